The first-order valence-corrected chi connectivity index (χ1v) is 4.02. The highest BCUT2D eigenvalue weighted by Gasteiger charge is 2.61. The van der Waals surface area contributed by atoms with E-state index in [-0.39, 0.29) is 0 Å². The Labute approximate surface area is 55.4 Å². The maximum absolute atomic E-state index is 5.51. The Kier molecular flexibility index (Phi) is 0.628. The van der Waals surface area contributed by atoms with Crippen LogP contribution in [0.1, 0.15) is 19.8 Å². The zero-order chi connectivity index (χ0) is 6.01. The van der Waals surface area contributed by atoms with E-state index in [1.165, 1.54) is 12.8 Å². The molecule has 0 aromatic carbocycles. The molecule has 2 aliphatic carbocycles. The van der Waals surface area contributed by atoms with Crippen molar-refractivity contribution in [1.29, 1.82) is 0 Å². The topological polar surface area (TPSA) is 12.5 Å². The lowest BCUT2D eigenvalue weighted by atomic mass is 9.91. The molecule has 0 spiro atoms. The molecule has 3 rings (SSSR count). The molecule has 1 heteroatoms. The van der Waals surface area contributed by atoms with Crippen LogP contribution in [0.5, 0.6) is 0 Å². The monoisotopic (exact) mass is 124 g/mol. The number of hydrogen-bond acceptors (Lipinski definition) is 1. The fraction of sp³-hybridized carbons (Fsp3) is 1.00. The summed E-state index contributed by atoms with van der Waals surface area (Å²) in [6, 6.07) is 0. The van der Waals surface area contributed by atoms with E-state index in [1.807, 2.05) is 0 Å². The van der Waals surface area contributed by atoms with Gasteiger partial charge in [0.2, 0.25) is 0 Å². The highest BCUT2D eigenvalue weighted by Crippen LogP contribution is 2.58. The van der Waals surface area contributed by atoms with Crippen LogP contribution in [0.15, 0.2) is 0 Å². The number of fused-ring (bicyclic) bond motifs is 5. The van der Waals surface area contributed by atoms with E-state index in [0.29, 0.717) is 0 Å². The second-order valence-corrected chi connectivity index (χ2v) is 3.94. The van der Waals surface area contributed by atoms with Crippen LogP contribution < -0.4 is 0 Å². The summed E-state index contributed by atoms with van der Waals surface area (Å²) in [5.41, 5.74) is 0. The summed E-state index contributed by atoms with van der Waals surface area (Å²) >= 11 is 0. The van der Waals surface area contributed by atoms with Gasteiger partial charge in [-0.15, -0.1) is 0 Å². The van der Waals surface area contributed by atoms with Crippen LogP contribution in [-0.4, -0.2) is 12.2 Å². The van der Waals surface area contributed by atoms with Crippen molar-refractivity contribution in [3.8, 4) is 0 Å². The first-order valence-electron chi connectivity index (χ1n) is 4.02. The summed E-state index contributed by atoms with van der Waals surface area (Å²) < 4.78 is 5.51. The molecule has 1 nitrogen and oxygen atoms in total. The van der Waals surface area contributed by atoms with Gasteiger partial charge in [0.05, 0.1) is 12.2 Å². The summed E-state index contributed by atoms with van der Waals surface area (Å²) in [5.74, 6) is 2.90. The van der Waals surface area contributed by atoms with Crippen molar-refractivity contribution in [3.63, 3.8) is 0 Å². The van der Waals surface area contributed by atoms with E-state index in [0.717, 1.165) is 30.0 Å². The molecule has 0 amide bonds. The fourth-order valence-corrected chi connectivity index (χ4v) is 2.92. The minimum atomic E-state index is 0.721. The second kappa shape index (κ2) is 1.20. The lowest BCUT2D eigenvalue weighted by Gasteiger charge is -2.11. The lowest BCUT2D eigenvalue weighted by molar-refractivity contribution is 0.254. The Morgan fingerprint density at radius 3 is 2.67 bits per heavy atom. The largest absolute Gasteiger partial charge is 0.369 e. The predicted molar refractivity (Wildman–Crippen MR) is 34.0 cm³/mol. The maximum Gasteiger partial charge on any atom is 0.0875 e. The van der Waals surface area contributed by atoms with Gasteiger partial charge in [-0.05, 0) is 30.6 Å². The van der Waals surface area contributed by atoms with Crippen LogP contribution in [0.3, 0.4) is 0 Å². The third-order valence-corrected chi connectivity index (χ3v) is 3.43. The van der Waals surface area contributed by atoms with Crippen LogP contribution in [0.4, 0.5) is 0 Å². The Morgan fingerprint density at radius 1 is 1.22 bits per heavy atom. The minimum absolute atomic E-state index is 0.721. The zero-order valence-corrected chi connectivity index (χ0v) is 5.71. The molecular weight excluding hydrogens is 112 g/mol. The van der Waals surface area contributed by atoms with Gasteiger partial charge in [-0.25, -0.2) is 0 Å². The number of hydrogen-bond donors (Lipinski definition) is 0. The minimum Gasteiger partial charge on any atom is -0.369 e. The second-order valence-electron chi connectivity index (χ2n) is 3.94. The van der Waals surface area contributed by atoms with Crippen molar-refractivity contribution < 1.29 is 4.74 Å². The van der Waals surface area contributed by atoms with E-state index < -0.39 is 0 Å². The van der Waals surface area contributed by atoms with Crippen LogP contribution >= 0.6 is 0 Å². The van der Waals surface area contributed by atoms with E-state index in [9.17, 15) is 0 Å². The van der Waals surface area contributed by atoms with Gasteiger partial charge in [0.15, 0.2) is 0 Å². The van der Waals surface area contributed by atoms with Crippen molar-refractivity contribution in [2.75, 3.05) is 0 Å². The molecule has 1 heterocycles. The molecule has 2 bridgehead atoms. The lowest BCUT2D eigenvalue weighted by Crippen LogP contribution is -2.14. The average Bonchev–Trinajstić information content (AvgIpc) is 2.46. The molecule has 3 fully saturated rings. The summed E-state index contributed by atoms with van der Waals surface area (Å²) in [7, 11) is 0. The van der Waals surface area contributed by atoms with Crippen molar-refractivity contribution in [2.45, 2.75) is 32.0 Å². The Morgan fingerprint density at radius 2 is 2.11 bits per heavy atom. The highest BCUT2D eigenvalue weighted by atomic mass is 16.6. The summed E-state index contributed by atoms with van der Waals surface area (Å²) in [4.78, 5) is 0. The molecule has 0 aromatic heterocycles. The molecule has 0 N–H and O–H groups in total. The molecule has 0 unspecified atom stereocenters. The molecule has 5 atom stereocenters. The van der Waals surface area contributed by atoms with Gasteiger partial charge in [-0.2, -0.15) is 0 Å². The smallest absolute Gasteiger partial charge is 0.0875 e. The van der Waals surface area contributed by atoms with Crippen molar-refractivity contribution >= 4 is 0 Å². The summed E-state index contributed by atoms with van der Waals surface area (Å²) in [6.45, 7) is 2.38. The predicted octanol–water partition coefficient (Wildman–Crippen LogP) is 1.43. The third kappa shape index (κ3) is 0.420. The van der Waals surface area contributed by atoms with Gasteiger partial charge in [0.25, 0.3) is 0 Å². The van der Waals surface area contributed by atoms with E-state index in [2.05, 4.69) is 6.92 Å². The standard InChI is InChI=1S/C8H12O/c1-4-2-5-3-6(4)8-7(5)9-8/h4-8H,2-3H2,1H3/t4-,5+,6+,7-,8+/m0/s1. The third-order valence-electron chi connectivity index (χ3n) is 3.43. The van der Waals surface area contributed by atoms with E-state index in [4.69, 9.17) is 4.74 Å². The summed E-state index contributed by atoms with van der Waals surface area (Å²) in [6.07, 6.45) is 4.38. The van der Waals surface area contributed by atoms with Gasteiger partial charge < -0.3 is 4.74 Å². The quantitative estimate of drug-likeness (QED) is 0.445. The molecule has 0 aromatic rings. The van der Waals surface area contributed by atoms with Gasteiger partial charge in [-0.1, -0.05) is 6.92 Å². The van der Waals surface area contributed by atoms with Crippen molar-refractivity contribution in [1.82, 2.24) is 0 Å². The van der Waals surface area contributed by atoms with Crippen molar-refractivity contribution in [3.05, 3.63) is 0 Å². The van der Waals surface area contributed by atoms with E-state index >= 15 is 0 Å². The molecule has 50 valence electrons. The van der Waals surface area contributed by atoms with Crippen LogP contribution in [-0.2, 0) is 4.74 Å². The Balaban J connectivity index is 1.96. The first kappa shape index (κ1) is 4.73. The Bertz CT molecular complexity index is 151. The zero-order valence-electron chi connectivity index (χ0n) is 5.71. The normalized spacial score (nSPS) is 68.3. The molecule has 9 heavy (non-hydrogen) atoms. The number of epoxide rings is 1. The molecule has 1 saturated heterocycles. The first-order chi connectivity index (χ1) is 4.36. The van der Waals surface area contributed by atoms with E-state index in [1.54, 1.807) is 0 Å². The van der Waals surface area contributed by atoms with Gasteiger partial charge in [0, 0.05) is 0 Å². The molecule has 2 saturated carbocycles. The molecule has 0 radical (unpaired) electrons. The summed E-state index contributed by atoms with van der Waals surface area (Å²) in [5, 5.41) is 0. The van der Waals surface area contributed by atoms with Crippen LogP contribution in [0.25, 0.3) is 0 Å². The fourth-order valence-electron chi connectivity index (χ4n) is 2.92. The SMILES string of the molecule is C[C@H]1C[C@@H]2C[C@H]1[C@H]1O[C@@H]21. The maximum atomic E-state index is 5.51. The molecule has 1 aliphatic heterocycles. The van der Waals surface area contributed by atoms with Gasteiger partial charge in [0.1, 0.15) is 0 Å². The van der Waals surface area contributed by atoms with Gasteiger partial charge in [-0.3, -0.25) is 0 Å². The van der Waals surface area contributed by atoms with Gasteiger partial charge >= 0.3 is 0 Å². The average molecular weight is 124 g/mol. The molecular formula is C8H12O. The number of ether oxygens (including phenoxy) is 1. The van der Waals surface area contributed by atoms with Crippen LogP contribution in [0, 0.1) is 17.8 Å². The Hall–Kier alpha value is -0.0400. The number of rotatable bonds is 0. The molecule has 3 aliphatic rings. The highest BCUT2D eigenvalue weighted by molar-refractivity contribution is 5.09. The van der Waals surface area contributed by atoms with Crippen molar-refractivity contribution in [2.24, 2.45) is 17.8 Å². The van der Waals surface area contributed by atoms with Crippen LogP contribution in [0.2, 0.25) is 0 Å².